The van der Waals surface area contributed by atoms with E-state index < -0.39 is 5.91 Å². The van der Waals surface area contributed by atoms with Crippen LogP contribution in [0.5, 0.6) is 0 Å². The average Bonchev–Trinajstić information content (AvgIpc) is 3.08. The molecule has 0 unspecified atom stereocenters. The summed E-state index contributed by atoms with van der Waals surface area (Å²) >= 11 is 12.3. The Bertz CT molecular complexity index is 1110. The smallest absolute Gasteiger partial charge is 0.309 e. The number of para-hydroxylation sites is 1. The van der Waals surface area contributed by atoms with E-state index >= 15 is 0 Å². The van der Waals surface area contributed by atoms with Gasteiger partial charge in [-0.1, -0.05) is 60.7 Å². The normalized spacial score (nSPS) is 14.5. The van der Waals surface area contributed by atoms with Gasteiger partial charge in [0.2, 0.25) is 0 Å². The molecule has 1 saturated carbocycles. The molecule has 162 valence electrons. The lowest BCUT2D eigenvalue weighted by Crippen LogP contribution is -2.20. The standard InChI is InChI=1S/C24H23Cl2NO4/c1-14-17(13-30-24(29)15-7-3-2-4-8-15)16-9-5-12-20(22(16)31-14)27-23(28)21-18(25)10-6-11-19(21)26/h5-6,9-12,15H,2-4,7-8,13H2,1H3,(H,27,28). The van der Waals surface area contributed by atoms with Crippen LogP contribution in [0.2, 0.25) is 10.0 Å². The predicted molar refractivity (Wildman–Crippen MR) is 122 cm³/mol. The number of furan rings is 1. The Morgan fingerprint density at radius 2 is 1.74 bits per heavy atom. The van der Waals surface area contributed by atoms with Gasteiger partial charge in [0.05, 0.1) is 27.2 Å². The van der Waals surface area contributed by atoms with Gasteiger partial charge in [-0.25, -0.2) is 0 Å². The number of fused-ring (bicyclic) bond motifs is 1. The number of anilines is 1. The minimum Gasteiger partial charge on any atom is -0.460 e. The zero-order chi connectivity index (χ0) is 22.0. The molecule has 0 spiro atoms. The van der Waals surface area contributed by atoms with Gasteiger partial charge < -0.3 is 14.5 Å². The van der Waals surface area contributed by atoms with Crippen LogP contribution in [0.25, 0.3) is 11.0 Å². The molecule has 1 aromatic heterocycles. The topological polar surface area (TPSA) is 68.5 Å². The number of benzene rings is 2. The van der Waals surface area contributed by atoms with Gasteiger partial charge in [-0.15, -0.1) is 0 Å². The fourth-order valence-corrected chi connectivity index (χ4v) is 4.63. The fraction of sp³-hybridized carbons (Fsp3) is 0.333. The highest BCUT2D eigenvalue weighted by molar-refractivity contribution is 6.40. The summed E-state index contributed by atoms with van der Waals surface area (Å²) in [4.78, 5) is 25.2. The highest BCUT2D eigenvalue weighted by Gasteiger charge is 2.24. The summed E-state index contributed by atoms with van der Waals surface area (Å²) in [5.41, 5.74) is 2.01. The molecule has 1 N–H and O–H groups in total. The van der Waals surface area contributed by atoms with Crippen LogP contribution in [0.3, 0.4) is 0 Å². The molecule has 1 aliphatic rings. The largest absolute Gasteiger partial charge is 0.460 e. The molecule has 0 atom stereocenters. The third kappa shape index (κ3) is 4.58. The summed E-state index contributed by atoms with van der Waals surface area (Å²) in [5, 5.41) is 4.15. The Morgan fingerprint density at radius 1 is 1.06 bits per heavy atom. The molecule has 3 aromatic rings. The summed E-state index contributed by atoms with van der Waals surface area (Å²) in [6.07, 6.45) is 5.12. The number of nitrogens with one attached hydrogen (secondary N) is 1. The van der Waals surface area contributed by atoms with Crippen LogP contribution in [0.1, 0.15) is 53.8 Å². The molecule has 2 aromatic carbocycles. The first kappa shape index (κ1) is 21.7. The molecule has 7 heteroatoms. The number of hydrogen-bond acceptors (Lipinski definition) is 4. The summed E-state index contributed by atoms with van der Waals surface area (Å²) in [5.74, 6) is 0.0556. The van der Waals surface area contributed by atoms with E-state index in [-0.39, 0.29) is 34.1 Å². The molecule has 0 radical (unpaired) electrons. The Balaban J connectivity index is 1.55. The second-order valence-electron chi connectivity index (χ2n) is 7.81. The van der Waals surface area contributed by atoms with Gasteiger partial charge in [0.1, 0.15) is 12.4 Å². The van der Waals surface area contributed by atoms with Crippen LogP contribution in [-0.2, 0) is 16.1 Å². The predicted octanol–water partition coefficient (Wildman–Crippen LogP) is 6.92. The molecule has 5 nitrogen and oxygen atoms in total. The van der Waals surface area contributed by atoms with E-state index in [0.29, 0.717) is 17.0 Å². The van der Waals surface area contributed by atoms with E-state index in [1.165, 1.54) is 6.42 Å². The van der Waals surface area contributed by atoms with Crippen molar-refractivity contribution in [2.75, 3.05) is 5.32 Å². The highest BCUT2D eigenvalue weighted by atomic mass is 35.5. The van der Waals surface area contributed by atoms with Crippen molar-refractivity contribution in [2.24, 2.45) is 5.92 Å². The Labute approximate surface area is 190 Å². The van der Waals surface area contributed by atoms with Crippen molar-refractivity contribution >= 4 is 51.7 Å². The number of hydrogen-bond donors (Lipinski definition) is 1. The second kappa shape index (κ2) is 9.33. The third-order valence-corrected chi connectivity index (χ3v) is 6.39. The van der Waals surface area contributed by atoms with Crippen molar-refractivity contribution in [1.29, 1.82) is 0 Å². The first-order valence-electron chi connectivity index (χ1n) is 10.4. The van der Waals surface area contributed by atoms with Crippen LogP contribution in [-0.4, -0.2) is 11.9 Å². The summed E-state index contributed by atoms with van der Waals surface area (Å²) in [6.45, 7) is 1.96. The van der Waals surface area contributed by atoms with E-state index in [4.69, 9.17) is 32.4 Å². The van der Waals surface area contributed by atoms with Crippen molar-refractivity contribution < 1.29 is 18.7 Å². The molecule has 1 heterocycles. The second-order valence-corrected chi connectivity index (χ2v) is 8.63. The van der Waals surface area contributed by atoms with Crippen LogP contribution < -0.4 is 5.32 Å². The van der Waals surface area contributed by atoms with Gasteiger partial charge in [-0.2, -0.15) is 0 Å². The highest BCUT2D eigenvalue weighted by Crippen LogP contribution is 2.33. The Morgan fingerprint density at radius 3 is 2.45 bits per heavy atom. The van der Waals surface area contributed by atoms with Gasteiger partial charge in [-0.3, -0.25) is 9.59 Å². The van der Waals surface area contributed by atoms with E-state index in [1.54, 1.807) is 24.3 Å². The van der Waals surface area contributed by atoms with Crippen molar-refractivity contribution in [3.8, 4) is 0 Å². The van der Waals surface area contributed by atoms with E-state index in [0.717, 1.165) is 36.6 Å². The number of carbonyl (C=O) groups excluding carboxylic acids is 2. The number of ether oxygens (including phenoxy) is 1. The zero-order valence-corrected chi connectivity index (χ0v) is 18.7. The van der Waals surface area contributed by atoms with Crippen LogP contribution >= 0.6 is 23.2 Å². The van der Waals surface area contributed by atoms with Crippen molar-refractivity contribution in [1.82, 2.24) is 0 Å². The first-order valence-corrected chi connectivity index (χ1v) is 11.1. The summed E-state index contributed by atoms with van der Waals surface area (Å²) in [6, 6.07) is 10.3. The maximum absolute atomic E-state index is 12.8. The van der Waals surface area contributed by atoms with Gasteiger partial charge >= 0.3 is 5.97 Å². The maximum atomic E-state index is 12.8. The molecule has 4 rings (SSSR count). The fourth-order valence-electron chi connectivity index (χ4n) is 4.07. The SMILES string of the molecule is Cc1oc2c(NC(=O)c3c(Cl)cccc3Cl)cccc2c1COC(=O)C1CCCCC1. The Hall–Kier alpha value is -2.50. The quantitative estimate of drug-likeness (QED) is 0.420. The molecule has 0 bridgehead atoms. The molecule has 1 amide bonds. The van der Waals surface area contributed by atoms with E-state index in [1.807, 2.05) is 19.1 Å². The molecule has 31 heavy (non-hydrogen) atoms. The number of esters is 1. The number of rotatable bonds is 5. The number of halogens is 2. The molecular weight excluding hydrogens is 437 g/mol. The maximum Gasteiger partial charge on any atom is 0.309 e. The summed E-state index contributed by atoms with van der Waals surface area (Å²) < 4.78 is 11.5. The number of carbonyl (C=O) groups is 2. The first-order chi connectivity index (χ1) is 15.0. The average molecular weight is 460 g/mol. The number of amides is 1. The van der Waals surface area contributed by atoms with E-state index in [9.17, 15) is 9.59 Å². The van der Waals surface area contributed by atoms with Crippen molar-refractivity contribution in [2.45, 2.75) is 45.6 Å². The Kier molecular flexibility index (Phi) is 6.54. The lowest BCUT2D eigenvalue weighted by atomic mass is 9.89. The lowest BCUT2D eigenvalue weighted by Gasteiger charge is -2.19. The van der Waals surface area contributed by atoms with E-state index in [2.05, 4.69) is 5.32 Å². The van der Waals surface area contributed by atoms with Gasteiger partial charge in [0.15, 0.2) is 5.58 Å². The van der Waals surface area contributed by atoms with Gasteiger partial charge in [-0.05, 0) is 38.0 Å². The molecule has 0 saturated heterocycles. The zero-order valence-electron chi connectivity index (χ0n) is 17.2. The van der Waals surface area contributed by atoms with Crippen LogP contribution in [0, 0.1) is 12.8 Å². The van der Waals surface area contributed by atoms with Crippen molar-refractivity contribution in [3.63, 3.8) is 0 Å². The van der Waals surface area contributed by atoms with Gasteiger partial charge in [0, 0.05) is 10.9 Å². The molecule has 0 aliphatic heterocycles. The van der Waals surface area contributed by atoms with Gasteiger partial charge in [0.25, 0.3) is 5.91 Å². The lowest BCUT2D eigenvalue weighted by molar-refractivity contribution is -0.151. The monoisotopic (exact) mass is 459 g/mol. The summed E-state index contributed by atoms with van der Waals surface area (Å²) in [7, 11) is 0. The molecular formula is C24H23Cl2NO4. The minimum absolute atomic E-state index is 0.0116. The van der Waals surface area contributed by atoms with Crippen LogP contribution in [0.4, 0.5) is 5.69 Å². The number of aryl methyl sites for hydroxylation is 1. The van der Waals surface area contributed by atoms with Crippen LogP contribution in [0.15, 0.2) is 40.8 Å². The third-order valence-electron chi connectivity index (χ3n) is 5.76. The minimum atomic E-state index is -0.428. The molecule has 1 fully saturated rings. The molecule has 1 aliphatic carbocycles. The van der Waals surface area contributed by atoms with Crippen molar-refractivity contribution in [3.05, 3.63) is 63.3 Å².